The average molecular weight is 563 g/mol. The highest BCUT2D eigenvalue weighted by molar-refractivity contribution is 6.15. The van der Waals surface area contributed by atoms with E-state index in [1.165, 1.54) is 43.5 Å². The molecule has 9 rings (SSSR count). The molecule has 0 unspecified atom stereocenters. The Morgan fingerprint density at radius 1 is 0.409 bits per heavy atom. The van der Waals surface area contributed by atoms with Gasteiger partial charge in [0.05, 0.1) is 16.6 Å². The molecule has 9 aromatic rings. The van der Waals surface area contributed by atoms with Gasteiger partial charge in [-0.05, 0) is 89.1 Å². The molecule has 206 valence electrons. The van der Waals surface area contributed by atoms with Crippen molar-refractivity contribution >= 4 is 43.5 Å². The van der Waals surface area contributed by atoms with Crippen molar-refractivity contribution in [1.82, 2.24) is 19.1 Å². The van der Waals surface area contributed by atoms with Crippen molar-refractivity contribution < 1.29 is 0 Å². The second-order valence-corrected chi connectivity index (χ2v) is 11.2. The zero-order valence-corrected chi connectivity index (χ0v) is 23.8. The zero-order valence-electron chi connectivity index (χ0n) is 23.8. The SMILES string of the molecule is c1ccc(-c2cnc(-c3ccc(-n4c5ccccc5c5cc6cc7ccn(-c8ccccc8)c7cc6cc54)cc3)nc2)cc1. The summed E-state index contributed by atoms with van der Waals surface area (Å²) < 4.78 is 4.63. The predicted octanol–water partition coefficient (Wildman–Crippen LogP) is 10.0. The minimum atomic E-state index is 0.717. The minimum Gasteiger partial charge on any atom is -0.317 e. The lowest BCUT2D eigenvalue weighted by Crippen LogP contribution is -1.95. The van der Waals surface area contributed by atoms with E-state index in [1.54, 1.807) is 0 Å². The molecular formula is C40H26N4. The largest absolute Gasteiger partial charge is 0.317 e. The summed E-state index contributed by atoms with van der Waals surface area (Å²) in [5.41, 5.74) is 8.96. The highest BCUT2D eigenvalue weighted by atomic mass is 15.0. The van der Waals surface area contributed by atoms with E-state index < -0.39 is 0 Å². The molecule has 0 aliphatic carbocycles. The zero-order chi connectivity index (χ0) is 29.0. The Balaban J connectivity index is 1.17. The molecule has 0 N–H and O–H groups in total. The predicted molar refractivity (Wildman–Crippen MR) is 182 cm³/mol. The Labute approximate surface area is 254 Å². The first-order valence-electron chi connectivity index (χ1n) is 14.8. The molecule has 0 aliphatic heterocycles. The maximum atomic E-state index is 4.68. The molecule has 4 nitrogen and oxygen atoms in total. The Bertz CT molecular complexity index is 2450. The van der Waals surface area contributed by atoms with Crippen LogP contribution in [-0.2, 0) is 0 Å². The molecule has 0 bridgehead atoms. The van der Waals surface area contributed by atoms with E-state index in [4.69, 9.17) is 0 Å². The van der Waals surface area contributed by atoms with Gasteiger partial charge in [0.2, 0.25) is 0 Å². The van der Waals surface area contributed by atoms with E-state index in [0.29, 0.717) is 0 Å². The third kappa shape index (κ3) is 3.92. The van der Waals surface area contributed by atoms with Crippen molar-refractivity contribution in [3.05, 3.63) is 158 Å². The van der Waals surface area contributed by atoms with Crippen LogP contribution in [0.1, 0.15) is 0 Å². The topological polar surface area (TPSA) is 35.6 Å². The summed E-state index contributed by atoms with van der Waals surface area (Å²) in [6.07, 6.45) is 5.96. The molecule has 0 saturated heterocycles. The third-order valence-electron chi connectivity index (χ3n) is 8.62. The van der Waals surface area contributed by atoms with Crippen LogP contribution in [0.3, 0.4) is 0 Å². The van der Waals surface area contributed by atoms with Crippen LogP contribution in [0.25, 0.3) is 77.4 Å². The van der Waals surface area contributed by atoms with Gasteiger partial charge in [-0.15, -0.1) is 0 Å². The summed E-state index contributed by atoms with van der Waals surface area (Å²) in [6, 6.07) is 49.5. The van der Waals surface area contributed by atoms with Gasteiger partial charge < -0.3 is 9.13 Å². The average Bonchev–Trinajstić information content (AvgIpc) is 3.65. The van der Waals surface area contributed by atoms with Crippen LogP contribution in [-0.4, -0.2) is 19.1 Å². The van der Waals surface area contributed by atoms with Gasteiger partial charge in [0.1, 0.15) is 0 Å². The normalized spacial score (nSPS) is 11.6. The van der Waals surface area contributed by atoms with E-state index in [1.807, 2.05) is 30.6 Å². The maximum absolute atomic E-state index is 4.68. The second-order valence-electron chi connectivity index (χ2n) is 11.2. The van der Waals surface area contributed by atoms with Gasteiger partial charge in [0.15, 0.2) is 5.82 Å². The molecule has 0 spiro atoms. The first kappa shape index (κ1) is 24.6. The number of nitrogens with zero attached hydrogens (tertiary/aromatic N) is 4. The van der Waals surface area contributed by atoms with Crippen LogP contribution in [0.4, 0.5) is 0 Å². The second kappa shape index (κ2) is 9.79. The fourth-order valence-electron chi connectivity index (χ4n) is 6.46. The van der Waals surface area contributed by atoms with Crippen LogP contribution < -0.4 is 0 Å². The molecule has 6 aromatic carbocycles. The van der Waals surface area contributed by atoms with Gasteiger partial charge in [-0.25, -0.2) is 9.97 Å². The summed E-state index contributed by atoms with van der Waals surface area (Å²) in [5.74, 6) is 0.717. The third-order valence-corrected chi connectivity index (χ3v) is 8.62. The number of hydrogen-bond donors (Lipinski definition) is 0. The van der Waals surface area contributed by atoms with Crippen molar-refractivity contribution in [3.8, 4) is 33.9 Å². The lowest BCUT2D eigenvalue weighted by molar-refractivity contribution is 1.13. The molecular weight excluding hydrogens is 536 g/mol. The van der Waals surface area contributed by atoms with Crippen LogP contribution in [0, 0.1) is 0 Å². The van der Waals surface area contributed by atoms with E-state index in [9.17, 15) is 0 Å². The summed E-state index contributed by atoms with van der Waals surface area (Å²) in [4.78, 5) is 9.36. The Hall–Kier alpha value is -6.00. The molecule has 0 saturated carbocycles. The quantitative estimate of drug-likeness (QED) is 0.214. The van der Waals surface area contributed by atoms with E-state index in [0.717, 1.165) is 33.9 Å². The fourth-order valence-corrected chi connectivity index (χ4v) is 6.46. The Morgan fingerprint density at radius 2 is 1.09 bits per heavy atom. The van der Waals surface area contributed by atoms with Gasteiger partial charge in [-0.2, -0.15) is 0 Å². The Morgan fingerprint density at radius 3 is 1.89 bits per heavy atom. The lowest BCUT2D eigenvalue weighted by atomic mass is 10.0. The molecule has 3 aromatic heterocycles. The molecule has 4 heteroatoms. The van der Waals surface area contributed by atoms with Crippen LogP contribution in [0.5, 0.6) is 0 Å². The minimum absolute atomic E-state index is 0.717. The van der Waals surface area contributed by atoms with Crippen molar-refractivity contribution in [2.24, 2.45) is 0 Å². The molecule has 0 fully saturated rings. The fraction of sp³-hybridized carbons (Fsp3) is 0. The van der Waals surface area contributed by atoms with Gasteiger partial charge in [-0.1, -0.05) is 66.7 Å². The van der Waals surface area contributed by atoms with E-state index in [-0.39, 0.29) is 0 Å². The van der Waals surface area contributed by atoms with E-state index in [2.05, 4.69) is 147 Å². The van der Waals surface area contributed by atoms with Crippen molar-refractivity contribution in [1.29, 1.82) is 0 Å². The monoisotopic (exact) mass is 562 g/mol. The Kier molecular flexibility index (Phi) is 5.47. The number of rotatable bonds is 4. The lowest BCUT2D eigenvalue weighted by Gasteiger charge is -2.10. The molecule has 0 amide bonds. The van der Waals surface area contributed by atoms with Crippen LogP contribution in [0.15, 0.2) is 158 Å². The molecule has 44 heavy (non-hydrogen) atoms. The summed E-state index contributed by atoms with van der Waals surface area (Å²) >= 11 is 0. The number of para-hydroxylation sites is 2. The first-order chi connectivity index (χ1) is 21.8. The smallest absolute Gasteiger partial charge is 0.159 e. The highest BCUT2D eigenvalue weighted by Crippen LogP contribution is 2.37. The number of hydrogen-bond acceptors (Lipinski definition) is 2. The van der Waals surface area contributed by atoms with Crippen LogP contribution in [0.2, 0.25) is 0 Å². The van der Waals surface area contributed by atoms with Gasteiger partial charge in [-0.3, -0.25) is 0 Å². The highest BCUT2D eigenvalue weighted by Gasteiger charge is 2.15. The molecule has 0 radical (unpaired) electrons. The van der Waals surface area contributed by atoms with Gasteiger partial charge in [0.25, 0.3) is 0 Å². The maximum Gasteiger partial charge on any atom is 0.159 e. The van der Waals surface area contributed by atoms with Gasteiger partial charge >= 0.3 is 0 Å². The van der Waals surface area contributed by atoms with E-state index >= 15 is 0 Å². The van der Waals surface area contributed by atoms with Crippen molar-refractivity contribution in [2.75, 3.05) is 0 Å². The summed E-state index contributed by atoms with van der Waals surface area (Å²) in [7, 11) is 0. The first-order valence-corrected chi connectivity index (χ1v) is 14.8. The number of benzene rings is 6. The summed E-state index contributed by atoms with van der Waals surface area (Å²) in [5, 5.41) is 6.19. The summed E-state index contributed by atoms with van der Waals surface area (Å²) in [6.45, 7) is 0. The van der Waals surface area contributed by atoms with Crippen molar-refractivity contribution in [2.45, 2.75) is 0 Å². The number of aromatic nitrogens is 4. The van der Waals surface area contributed by atoms with Crippen molar-refractivity contribution in [3.63, 3.8) is 0 Å². The number of fused-ring (bicyclic) bond motifs is 5. The van der Waals surface area contributed by atoms with Gasteiger partial charge in [0, 0.05) is 57.3 Å². The molecule has 0 aliphatic rings. The molecule has 3 heterocycles. The molecule has 0 atom stereocenters. The van der Waals surface area contributed by atoms with Crippen LogP contribution >= 0.6 is 0 Å². The standard InChI is InChI=1S/C40H26N4/c1-3-9-27(10-4-1)32-25-41-40(42-26-32)28-15-17-34(18-16-28)44-37-14-8-7-13-35(37)36-22-30-21-29-19-20-43(33-11-5-2-6-12-33)38(29)23-31(30)24-39(36)44/h1-26H.